The number of hydrogen-bond donors (Lipinski definition) is 2. The van der Waals surface area contributed by atoms with Crippen molar-refractivity contribution in [2.24, 2.45) is 5.10 Å². The molecule has 2 amide bonds. The Morgan fingerprint density at radius 1 is 1.07 bits per heavy atom. The zero-order valence-electron chi connectivity index (χ0n) is 22.3. The van der Waals surface area contributed by atoms with E-state index in [2.05, 4.69) is 15.4 Å². The van der Waals surface area contributed by atoms with Gasteiger partial charge in [0.2, 0.25) is 0 Å². The van der Waals surface area contributed by atoms with E-state index in [9.17, 15) is 19.1 Å². The number of aromatic hydroxyl groups is 1. The smallest absolute Gasteiger partial charge is 0.271 e. The monoisotopic (exact) mass is 574 g/mol. The van der Waals surface area contributed by atoms with Crippen molar-refractivity contribution in [3.05, 3.63) is 101 Å². The number of hydrazone groups is 1. The van der Waals surface area contributed by atoms with E-state index in [-0.39, 0.29) is 40.7 Å². The highest BCUT2D eigenvalue weighted by molar-refractivity contribution is 6.32. The van der Waals surface area contributed by atoms with Crippen LogP contribution in [0.25, 0.3) is 10.8 Å². The third-order valence-corrected chi connectivity index (χ3v) is 7.29. The van der Waals surface area contributed by atoms with Crippen LogP contribution in [0.1, 0.15) is 22.8 Å². The van der Waals surface area contributed by atoms with Gasteiger partial charge in [0, 0.05) is 47.9 Å². The molecule has 10 heteroatoms. The lowest BCUT2D eigenvalue weighted by Crippen LogP contribution is -2.55. The molecular weight excluding hydrogens is 547 g/mol. The summed E-state index contributed by atoms with van der Waals surface area (Å²) in [5, 5.41) is 15.3. The van der Waals surface area contributed by atoms with E-state index >= 15 is 0 Å². The molecule has 0 radical (unpaired) electrons. The Morgan fingerprint density at radius 3 is 2.56 bits per heavy atom. The Morgan fingerprint density at radius 2 is 1.83 bits per heavy atom. The number of carbonyl (C=O) groups is 2. The maximum Gasteiger partial charge on any atom is 0.271 e. The predicted octanol–water partition coefficient (Wildman–Crippen LogP) is 5.22. The first-order chi connectivity index (χ1) is 19.8. The Balaban J connectivity index is 1.22. The minimum Gasteiger partial charge on any atom is -0.506 e. The molecule has 5 rings (SSSR count). The van der Waals surface area contributed by atoms with Gasteiger partial charge in [0.15, 0.2) is 6.61 Å². The number of piperazine rings is 1. The topological polar surface area (TPSA) is 94.5 Å². The van der Waals surface area contributed by atoms with Crippen molar-refractivity contribution in [1.29, 1.82) is 0 Å². The number of hydrogen-bond acceptors (Lipinski definition) is 6. The average molecular weight is 575 g/mol. The number of ether oxygens (including phenoxy) is 1. The molecule has 8 nitrogen and oxygen atoms in total. The third kappa shape index (κ3) is 6.41. The van der Waals surface area contributed by atoms with Crippen LogP contribution >= 0.6 is 11.6 Å². The lowest BCUT2D eigenvalue weighted by Gasteiger charge is -2.41. The summed E-state index contributed by atoms with van der Waals surface area (Å²) in [7, 11) is 0. The van der Waals surface area contributed by atoms with Gasteiger partial charge in [0.25, 0.3) is 11.8 Å². The van der Waals surface area contributed by atoms with Crippen LogP contribution in [-0.4, -0.2) is 60.3 Å². The van der Waals surface area contributed by atoms with Gasteiger partial charge in [-0.3, -0.25) is 9.59 Å². The molecule has 210 valence electrons. The molecular formula is C31H28ClFN4O4. The molecule has 0 saturated carbocycles. The first kappa shape index (κ1) is 27.9. The van der Waals surface area contributed by atoms with E-state index in [1.54, 1.807) is 24.3 Å². The number of amides is 2. The van der Waals surface area contributed by atoms with Gasteiger partial charge in [-0.25, -0.2) is 9.82 Å². The standard InChI is InChI=1S/C31H28ClFN4O4/c1-20-18-36(24-10-8-23(33)9-11-24)14-15-37(20)30(39)19-41-29-13-7-22(25-4-2-3-5-26(25)29)17-34-35-31(40)21-6-12-28(38)27(32)16-21/h2-13,16-17,20,38H,14-15,18-19H2,1H3,(H,35,40). The van der Waals surface area contributed by atoms with Gasteiger partial charge in [0.05, 0.1) is 11.2 Å². The number of nitrogens with zero attached hydrogens (tertiary/aromatic N) is 3. The van der Waals surface area contributed by atoms with Crippen molar-refractivity contribution in [2.45, 2.75) is 13.0 Å². The molecule has 1 saturated heterocycles. The molecule has 0 bridgehead atoms. The van der Waals surface area contributed by atoms with Gasteiger partial charge in [-0.15, -0.1) is 0 Å². The number of anilines is 1. The van der Waals surface area contributed by atoms with Crippen molar-refractivity contribution in [3.8, 4) is 11.5 Å². The van der Waals surface area contributed by atoms with Gasteiger partial charge < -0.3 is 19.6 Å². The number of halogens is 2. The van der Waals surface area contributed by atoms with Crippen LogP contribution in [0.2, 0.25) is 5.02 Å². The highest BCUT2D eigenvalue weighted by Crippen LogP contribution is 2.28. The number of benzene rings is 4. The molecule has 0 aliphatic carbocycles. The fourth-order valence-electron chi connectivity index (χ4n) is 4.84. The second-order valence-electron chi connectivity index (χ2n) is 9.71. The van der Waals surface area contributed by atoms with E-state index in [0.717, 1.165) is 22.0 Å². The quantitative estimate of drug-likeness (QED) is 0.233. The molecule has 0 aromatic heterocycles. The lowest BCUT2D eigenvalue weighted by atomic mass is 10.0. The zero-order valence-corrected chi connectivity index (χ0v) is 23.0. The molecule has 2 N–H and O–H groups in total. The van der Waals surface area contributed by atoms with Crippen LogP contribution in [0.4, 0.5) is 10.1 Å². The number of phenols is 1. The molecule has 41 heavy (non-hydrogen) atoms. The summed E-state index contributed by atoms with van der Waals surface area (Å²) in [4.78, 5) is 29.4. The number of carbonyl (C=O) groups excluding carboxylic acids is 2. The van der Waals surface area contributed by atoms with Crippen molar-refractivity contribution in [1.82, 2.24) is 10.3 Å². The van der Waals surface area contributed by atoms with Crippen molar-refractivity contribution < 1.29 is 23.8 Å². The van der Waals surface area contributed by atoms with Gasteiger partial charge in [-0.1, -0.05) is 35.9 Å². The molecule has 1 heterocycles. The molecule has 1 fully saturated rings. The largest absolute Gasteiger partial charge is 0.506 e. The van der Waals surface area contributed by atoms with Crippen molar-refractivity contribution >= 4 is 46.1 Å². The van der Waals surface area contributed by atoms with Gasteiger partial charge in [-0.2, -0.15) is 5.10 Å². The Labute approximate surface area is 241 Å². The third-order valence-electron chi connectivity index (χ3n) is 6.99. The molecule has 4 aromatic rings. The van der Waals surface area contributed by atoms with Crippen LogP contribution in [0.3, 0.4) is 0 Å². The van der Waals surface area contributed by atoms with Crippen LogP contribution in [0, 0.1) is 5.82 Å². The Bertz CT molecular complexity index is 1610. The molecule has 4 aromatic carbocycles. The maximum absolute atomic E-state index is 13.3. The van der Waals surface area contributed by atoms with Crippen molar-refractivity contribution in [2.75, 3.05) is 31.1 Å². The fourth-order valence-corrected chi connectivity index (χ4v) is 5.02. The van der Waals surface area contributed by atoms with Gasteiger partial charge in [0.1, 0.15) is 17.3 Å². The molecule has 1 unspecified atom stereocenters. The minimum absolute atomic E-state index is 0.0342. The summed E-state index contributed by atoms with van der Waals surface area (Å²) >= 11 is 5.88. The minimum atomic E-state index is -0.473. The predicted molar refractivity (Wildman–Crippen MR) is 157 cm³/mol. The zero-order chi connectivity index (χ0) is 28.9. The van der Waals surface area contributed by atoms with Crippen LogP contribution < -0.4 is 15.1 Å². The van der Waals surface area contributed by atoms with E-state index in [0.29, 0.717) is 25.4 Å². The van der Waals surface area contributed by atoms with E-state index in [1.807, 2.05) is 36.1 Å². The summed E-state index contributed by atoms with van der Waals surface area (Å²) in [6.45, 7) is 3.72. The van der Waals surface area contributed by atoms with Crippen LogP contribution in [-0.2, 0) is 4.79 Å². The summed E-state index contributed by atoms with van der Waals surface area (Å²) in [6, 6.07) is 21.6. The second-order valence-corrected chi connectivity index (χ2v) is 10.1. The Hall–Kier alpha value is -4.63. The van der Waals surface area contributed by atoms with E-state index in [1.165, 1.54) is 36.5 Å². The second kappa shape index (κ2) is 12.3. The van der Waals surface area contributed by atoms with E-state index in [4.69, 9.17) is 16.3 Å². The van der Waals surface area contributed by atoms with E-state index < -0.39 is 5.91 Å². The summed E-state index contributed by atoms with van der Waals surface area (Å²) < 4.78 is 19.3. The first-order valence-electron chi connectivity index (χ1n) is 13.1. The van der Waals surface area contributed by atoms with Crippen molar-refractivity contribution in [3.63, 3.8) is 0 Å². The number of phenolic OH excluding ortho intramolecular Hbond substituents is 1. The van der Waals surface area contributed by atoms with Crippen LogP contribution in [0.5, 0.6) is 11.5 Å². The fraction of sp³-hybridized carbons (Fsp3) is 0.194. The average Bonchev–Trinajstić information content (AvgIpc) is 2.98. The summed E-state index contributed by atoms with van der Waals surface area (Å²) in [6.07, 6.45) is 1.53. The molecule has 1 aliphatic heterocycles. The highest BCUT2D eigenvalue weighted by Gasteiger charge is 2.28. The lowest BCUT2D eigenvalue weighted by molar-refractivity contribution is -0.135. The van der Waals surface area contributed by atoms with Gasteiger partial charge in [-0.05, 0) is 66.9 Å². The maximum atomic E-state index is 13.3. The number of fused-ring (bicyclic) bond motifs is 1. The molecule has 1 atom stereocenters. The normalized spacial score (nSPS) is 15.3. The first-order valence-corrected chi connectivity index (χ1v) is 13.4. The highest BCUT2D eigenvalue weighted by atomic mass is 35.5. The summed E-state index contributed by atoms with van der Waals surface area (Å²) in [5.41, 5.74) is 4.39. The Kier molecular flexibility index (Phi) is 8.35. The SMILES string of the molecule is CC1CN(c2ccc(F)cc2)CCN1C(=O)COc1ccc(C=NNC(=O)c2ccc(O)c(Cl)c2)c2ccccc12. The number of nitrogens with one attached hydrogen (secondary N) is 1. The van der Waals surface area contributed by atoms with Crippen LogP contribution in [0.15, 0.2) is 84.0 Å². The van der Waals surface area contributed by atoms with Gasteiger partial charge >= 0.3 is 0 Å². The number of rotatable bonds is 7. The summed E-state index contributed by atoms with van der Waals surface area (Å²) in [5.74, 6) is -0.405. The molecule has 0 spiro atoms. The molecule has 1 aliphatic rings.